The molecule has 1 amide bonds. The van der Waals surface area contributed by atoms with Gasteiger partial charge in [-0.25, -0.2) is 4.79 Å². The average molecular weight is 347 g/mol. The van der Waals surface area contributed by atoms with Crippen molar-refractivity contribution in [2.24, 2.45) is 5.92 Å². The summed E-state index contributed by atoms with van der Waals surface area (Å²) < 4.78 is 15.4. The highest BCUT2D eigenvalue weighted by Crippen LogP contribution is 2.25. The highest BCUT2D eigenvalue weighted by Gasteiger charge is 2.21. The van der Waals surface area contributed by atoms with E-state index in [1.807, 2.05) is 0 Å². The van der Waals surface area contributed by atoms with Crippen LogP contribution < -0.4 is 9.47 Å². The SMILES string of the molecule is COc1ccc(/C=C/C(=O)OCC(=O)N2CCC[C@@H](C)C2)c(OC)c1. The van der Waals surface area contributed by atoms with E-state index < -0.39 is 5.97 Å². The van der Waals surface area contributed by atoms with Crippen LogP contribution >= 0.6 is 0 Å². The number of nitrogens with zero attached hydrogens (tertiary/aromatic N) is 1. The second-order valence-electron chi connectivity index (χ2n) is 6.14. The van der Waals surface area contributed by atoms with E-state index in [0.29, 0.717) is 17.4 Å². The van der Waals surface area contributed by atoms with Crippen LogP contribution in [0.4, 0.5) is 0 Å². The van der Waals surface area contributed by atoms with Crippen molar-refractivity contribution in [1.29, 1.82) is 0 Å². The molecule has 0 aromatic heterocycles. The Morgan fingerprint density at radius 1 is 1.28 bits per heavy atom. The summed E-state index contributed by atoms with van der Waals surface area (Å²) in [7, 11) is 3.12. The average Bonchev–Trinajstić information content (AvgIpc) is 2.64. The van der Waals surface area contributed by atoms with Crippen molar-refractivity contribution in [3.05, 3.63) is 29.8 Å². The summed E-state index contributed by atoms with van der Waals surface area (Å²) in [6.45, 7) is 3.36. The van der Waals surface area contributed by atoms with E-state index in [1.54, 1.807) is 43.4 Å². The lowest BCUT2D eigenvalue weighted by Gasteiger charge is -2.30. The summed E-state index contributed by atoms with van der Waals surface area (Å²) in [6.07, 6.45) is 5.01. The zero-order valence-corrected chi connectivity index (χ0v) is 15.0. The lowest BCUT2D eigenvalue weighted by atomic mass is 10.0. The Kier molecular flexibility index (Phi) is 6.86. The van der Waals surface area contributed by atoms with E-state index in [4.69, 9.17) is 14.2 Å². The molecule has 1 saturated heterocycles. The van der Waals surface area contributed by atoms with Crippen LogP contribution in [0.15, 0.2) is 24.3 Å². The van der Waals surface area contributed by atoms with Crippen molar-refractivity contribution in [1.82, 2.24) is 4.90 Å². The first-order chi connectivity index (χ1) is 12.0. The molecule has 0 unspecified atom stereocenters. The Morgan fingerprint density at radius 3 is 2.76 bits per heavy atom. The molecule has 0 bridgehead atoms. The Labute approximate surface area is 148 Å². The van der Waals surface area contributed by atoms with E-state index >= 15 is 0 Å². The summed E-state index contributed by atoms with van der Waals surface area (Å²) in [6, 6.07) is 5.28. The number of likely N-dealkylation sites (tertiary alicyclic amines) is 1. The van der Waals surface area contributed by atoms with Gasteiger partial charge in [0, 0.05) is 30.8 Å². The maximum absolute atomic E-state index is 12.1. The van der Waals surface area contributed by atoms with E-state index in [2.05, 4.69) is 6.92 Å². The fourth-order valence-electron chi connectivity index (χ4n) is 2.80. The molecule has 6 heteroatoms. The minimum Gasteiger partial charge on any atom is -0.497 e. The van der Waals surface area contributed by atoms with Gasteiger partial charge in [-0.2, -0.15) is 0 Å². The van der Waals surface area contributed by atoms with Crippen molar-refractivity contribution in [3.63, 3.8) is 0 Å². The molecule has 1 aliphatic rings. The molecule has 1 aliphatic heterocycles. The molecule has 0 aliphatic carbocycles. The van der Waals surface area contributed by atoms with Gasteiger partial charge in [-0.15, -0.1) is 0 Å². The molecule has 0 saturated carbocycles. The van der Waals surface area contributed by atoms with Gasteiger partial charge in [-0.3, -0.25) is 4.79 Å². The lowest BCUT2D eigenvalue weighted by Crippen LogP contribution is -2.41. The highest BCUT2D eigenvalue weighted by atomic mass is 16.5. The van der Waals surface area contributed by atoms with E-state index in [-0.39, 0.29) is 12.5 Å². The molecule has 0 spiro atoms. The van der Waals surface area contributed by atoms with Gasteiger partial charge in [-0.1, -0.05) is 6.92 Å². The van der Waals surface area contributed by atoms with Crippen molar-refractivity contribution in [3.8, 4) is 11.5 Å². The number of hydrogen-bond donors (Lipinski definition) is 0. The van der Waals surface area contributed by atoms with Crippen LogP contribution in [-0.4, -0.2) is 50.7 Å². The minimum absolute atomic E-state index is 0.143. The normalized spacial score (nSPS) is 17.4. The first-order valence-electron chi connectivity index (χ1n) is 8.38. The van der Waals surface area contributed by atoms with Crippen LogP contribution in [0.3, 0.4) is 0 Å². The molecule has 136 valence electrons. The lowest BCUT2D eigenvalue weighted by molar-refractivity contribution is -0.149. The van der Waals surface area contributed by atoms with Crippen molar-refractivity contribution in [2.45, 2.75) is 19.8 Å². The third kappa shape index (κ3) is 5.52. The summed E-state index contributed by atoms with van der Waals surface area (Å²) in [4.78, 5) is 25.7. The third-order valence-electron chi connectivity index (χ3n) is 4.19. The predicted octanol–water partition coefficient (Wildman–Crippen LogP) is 2.52. The molecular weight excluding hydrogens is 322 g/mol. The van der Waals surface area contributed by atoms with Crippen molar-refractivity contribution in [2.75, 3.05) is 33.9 Å². The van der Waals surface area contributed by atoms with Gasteiger partial charge >= 0.3 is 5.97 Å². The maximum Gasteiger partial charge on any atom is 0.331 e. The zero-order chi connectivity index (χ0) is 18.2. The number of carbonyl (C=O) groups excluding carboxylic acids is 2. The smallest absolute Gasteiger partial charge is 0.331 e. The van der Waals surface area contributed by atoms with Gasteiger partial charge < -0.3 is 19.1 Å². The Balaban J connectivity index is 1.87. The molecule has 1 atom stereocenters. The summed E-state index contributed by atoms with van der Waals surface area (Å²) in [5.74, 6) is 1.04. The molecule has 1 heterocycles. The number of esters is 1. The zero-order valence-electron chi connectivity index (χ0n) is 15.0. The summed E-state index contributed by atoms with van der Waals surface area (Å²) >= 11 is 0. The number of methoxy groups -OCH3 is 2. The fraction of sp³-hybridized carbons (Fsp3) is 0.474. The summed E-state index contributed by atoms with van der Waals surface area (Å²) in [5.41, 5.74) is 0.719. The van der Waals surface area contributed by atoms with Gasteiger partial charge in [0.25, 0.3) is 5.91 Å². The number of rotatable bonds is 6. The van der Waals surface area contributed by atoms with Crippen LogP contribution in [0, 0.1) is 5.92 Å². The highest BCUT2D eigenvalue weighted by molar-refractivity contribution is 5.89. The van der Waals surface area contributed by atoms with Gasteiger partial charge in [0.15, 0.2) is 6.61 Å². The van der Waals surface area contributed by atoms with Crippen LogP contribution in [0.2, 0.25) is 0 Å². The van der Waals surface area contributed by atoms with E-state index in [9.17, 15) is 9.59 Å². The monoisotopic (exact) mass is 347 g/mol. The third-order valence-corrected chi connectivity index (χ3v) is 4.19. The molecule has 2 rings (SSSR count). The number of hydrogen-bond acceptors (Lipinski definition) is 5. The van der Waals surface area contributed by atoms with Crippen LogP contribution in [0.1, 0.15) is 25.3 Å². The van der Waals surface area contributed by atoms with Crippen LogP contribution in [-0.2, 0) is 14.3 Å². The molecule has 0 N–H and O–H groups in total. The first kappa shape index (κ1) is 18.8. The van der Waals surface area contributed by atoms with E-state index in [1.165, 1.54) is 6.08 Å². The van der Waals surface area contributed by atoms with Gasteiger partial charge in [0.1, 0.15) is 11.5 Å². The molecule has 1 aromatic rings. The van der Waals surface area contributed by atoms with Gasteiger partial charge in [-0.05, 0) is 37.0 Å². The van der Waals surface area contributed by atoms with Crippen LogP contribution in [0.25, 0.3) is 6.08 Å². The second kappa shape index (κ2) is 9.11. The van der Waals surface area contributed by atoms with Crippen molar-refractivity contribution >= 4 is 18.0 Å². The predicted molar refractivity (Wildman–Crippen MR) is 94.5 cm³/mol. The summed E-state index contributed by atoms with van der Waals surface area (Å²) in [5, 5.41) is 0. The number of carbonyl (C=O) groups is 2. The fourth-order valence-corrected chi connectivity index (χ4v) is 2.80. The number of amides is 1. The quantitative estimate of drug-likeness (QED) is 0.584. The molecular formula is C19H25NO5. The molecule has 6 nitrogen and oxygen atoms in total. The molecule has 25 heavy (non-hydrogen) atoms. The largest absolute Gasteiger partial charge is 0.497 e. The Morgan fingerprint density at radius 2 is 2.08 bits per heavy atom. The Hall–Kier alpha value is -2.50. The number of piperidine rings is 1. The Bertz CT molecular complexity index is 641. The second-order valence-corrected chi connectivity index (χ2v) is 6.14. The van der Waals surface area contributed by atoms with Gasteiger partial charge in [0.2, 0.25) is 0 Å². The molecule has 1 fully saturated rings. The number of benzene rings is 1. The standard InChI is InChI=1S/C19H25NO5/c1-14-5-4-10-20(12-14)18(21)13-25-19(22)9-7-15-6-8-16(23-2)11-17(15)24-3/h6-9,11,14H,4-5,10,12-13H2,1-3H3/b9-7+/t14-/m1/s1. The molecule has 1 aromatic carbocycles. The minimum atomic E-state index is -0.559. The topological polar surface area (TPSA) is 65.1 Å². The maximum atomic E-state index is 12.1. The van der Waals surface area contributed by atoms with Gasteiger partial charge in [0.05, 0.1) is 14.2 Å². The van der Waals surface area contributed by atoms with E-state index in [0.717, 1.165) is 31.5 Å². The van der Waals surface area contributed by atoms with Crippen LogP contribution in [0.5, 0.6) is 11.5 Å². The van der Waals surface area contributed by atoms with Crippen molar-refractivity contribution < 1.29 is 23.8 Å². The first-order valence-corrected chi connectivity index (χ1v) is 8.38. The molecule has 0 radical (unpaired) electrons. The number of ether oxygens (including phenoxy) is 3.